The first kappa shape index (κ1) is 14.2. The van der Waals surface area contributed by atoms with Crippen molar-refractivity contribution in [2.24, 2.45) is 0 Å². The molecule has 0 bridgehead atoms. The molecule has 0 aromatic carbocycles. The Hall–Kier alpha value is -1.91. The van der Waals surface area contributed by atoms with E-state index in [4.69, 9.17) is 0 Å². The van der Waals surface area contributed by atoms with E-state index in [1.54, 1.807) is 23.1 Å². The van der Waals surface area contributed by atoms with Crippen molar-refractivity contribution in [3.63, 3.8) is 0 Å². The number of aromatic nitrogens is 1. The molecule has 5 nitrogen and oxygen atoms in total. The third-order valence-electron chi connectivity index (χ3n) is 2.84. The second-order valence-corrected chi connectivity index (χ2v) is 3.92. The molecule has 98 valence electrons. The Kier molecular flexibility index (Phi) is 5.30. The summed E-state index contributed by atoms with van der Waals surface area (Å²) in [5, 5.41) is 9.19. The molecule has 0 saturated heterocycles. The molecule has 0 fully saturated rings. The summed E-state index contributed by atoms with van der Waals surface area (Å²) in [5.74, 6) is -2.05. The maximum absolute atomic E-state index is 11.9. The molecule has 5 heteroatoms. The van der Waals surface area contributed by atoms with Crippen molar-refractivity contribution in [1.82, 2.24) is 9.88 Å². The van der Waals surface area contributed by atoms with Gasteiger partial charge in [-0.3, -0.25) is 14.6 Å². The first-order chi connectivity index (χ1) is 8.60. The highest BCUT2D eigenvalue weighted by Crippen LogP contribution is 2.18. The van der Waals surface area contributed by atoms with Gasteiger partial charge < -0.3 is 10.0 Å². The van der Waals surface area contributed by atoms with Gasteiger partial charge in [0.05, 0.1) is 5.69 Å². The van der Waals surface area contributed by atoms with Crippen molar-refractivity contribution >= 4 is 11.9 Å². The van der Waals surface area contributed by atoms with Gasteiger partial charge in [-0.05, 0) is 26.0 Å². The first-order valence-corrected chi connectivity index (χ1v) is 6.01. The number of pyridine rings is 1. The van der Waals surface area contributed by atoms with Gasteiger partial charge in [0.2, 0.25) is 5.91 Å². The summed E-state index contributed by atoms with van der Waals surface area (Å²) in [6.07, 6.45) is 1.49. The van der Waals surface area contributed by atoms with E-state index >= 15 is 0 Å². The molecule has 1 atom stereocenters. The molecule has 0 radical (unpaired) electrons. The minimum absolute atomic E-state index is 0.0476. The first-order valence-electron chi connectivity index (χ1n) is 6.01. The summed E-state index contributed by atoms with van der Waals surface area (Å²) in [4.78, 5) is 28.8. The van der Waals surface area contributed by atoms with Gasteiger partial charge >= 0.3 is 5.97 Å². The van der Waals surface area contributed by atoms with Crippen molar-refractivity contribution in [2.45, 2.75) is 26.2 Å². The van der Waals surface area contributed by atoms with Crippen LogP contribution in [0.25, 0.3) is 0 Å². The number of carbonyl (C=O) groups is 2. The molecule has 0 aliphatic rings. The van der Waals surface area contributed by atoms with Crippen LogP contribution in [0, 0.1) is 0 Å². The number of amides is 1. The summed E-state index contributed by atoms with van der Waals surface area (Å²) in [7, 11) is 0. The van der Waals surface area contributed by atoms with Gasteiger partial charge in [-0.2, -0.15) is 0 Å². The van der Waals surface area contributed by atoms with Crippen LogP contribution >= 0.6 is 0 Å². The number of rotatable bonds is 6. The standard InChI is InChI=1S/C13H18N2O3/c1-3-15(4-2)12(16)9-10(13(17)18)11-7-5-6-8-14-11/h5-8,10H,3-4,9H2,1-2H3,(H,17,18). The van der Waals surface area contributed by atoms with Gasteiger partial charge in [0.15, 0.2) is 0 Å². The van der Waals surface area contributed by atoms with Crippen LogP contribution < -0.4 is 0 Å². The second kappa shape index (κ2) is 6.74. The zero-order chi connectivity index (χ0) is 13.5. The molecule has 1 N–H and O–H groups in total. The molecule has 0 aliphatic heterocycles. The second-order valence-electron chi connectivity index (χ2n) is 3.92. The van der Waals surface area contributed by atoms with Crippen molar-refractivity contribution in [1.29, 1.82) is 0 Å². The lowest BCUT2D eigenvalue weighted by molar-refractivity contribution is -0.142. The Morgan fingerprint density at radius 3 is 2.44 bits per heavy atom. The summed E-state index contributed by atoms with van der Waals surface area (Å²) < 4.78 is 0. The van der Waals surface area contributed by atoms with Crippen LogP contribution in [0.3, 0.4) is 0 Å². The molecule has 18 heavy (non-hydrogen) atoms. The van der Waals surface area contributed by atoms with Crippen molar-refractivity contribution in [2.75, 3.05) is 13.1 Å². The fourth-order valence-corrected chi connectivity index (χ4v) is 1.78. The Labute approximate surface area is 106 Å². The van der Waals surface area contributed by atoms with Crippen LogP contribution in [0.15, 0.2) is 24.4 Å². The van der Waals surface area contributed by atoms with Crippen molar-refractivity contribution in [3.05, 3.63) is 30.1 Å². The van der Waals surface area contributed by atoms with Gasteiger partial charge in [-0.15, -0.1) is 0 Å². The summed E-state index contributed by atoms with van der Waals surface area (Å²) >= 11 is 0. The lowest BCUT2D eigenvalue weighted by atomic mass is 10.00. The lowest BCUT2D eigenvalue weighted by Gasteiger charge is -2.20. The zero-order valence-corrected chi connectivity index (χ0v) is 10.7. The van der Waals surface area contributed by atoms with Crippen LogP contribution in [0.2, 0.25) is 0 Å². The lowest BCUT2D eigenvalue weighted by Crippen LogP contribution is -2.33. The van der Waals surface area contributed by atoms with Crippen molar-refractivity contribution in [3.8, 4) is 0 Å². The number of aliphatic carboxylic acids is 1. The predicted molar refractivity (Wildman–Crippen MR) is 67.2 cm³/mol. The number of carboxylic acid groups (broad SMARTS) is 1. The number of hydrogen-bond donors (Lipinski definition) is 1. The van der Waals surface area contributed by atoms with Crippen LogP contribution in [0.1, 0.15) is 31.9 Å². The van der Waals surface area contributed by atoms with E-state index in [0.29, 0.717) is 18.8 Å². The van der Waals surface area contributed by atoms with E-state index in [0.717, 1.165) is 0 Å². The van der Waals surface area contributed by atoms with Crippen LogP contribution in [0.5, 0.6) is 0 Å². The minimum Gasteiger partial charge on any atom is -0.481 e. The SMILES string of the molecule is CCN(CC)C(=O)CC(C(=O)O)c1ccccn1. The average molecular weight is 250 g/mol. The van der Waals surface area contributed by atoms with E-state index in [1.165, 1.54) is 6.20 Å². The quantitative estimate of drug-likeness (QED) is 0.830. The molecule has 1 heterocycles. The van der Waals surface area contributed by atoms with E-state index < -0.39 is 11.9 Å². The minimum atomic E-state index is -1.02. The highest BCUT2D eigenvalue weighted by atomic mass is 16.4. The molecule has 1 aromatic heterocycles. The maximum atomic E-state index is 11.9. The normalized spacial score (nSPS) is 11.9. The van der Waals surface area contributed by atoms with Crippen LogP contribution in [0.4, 0.5) is 0 Å². The number of carboxylic acids is 1. The summed E-state index contributed by atoms with van der Waals surface area (Å²) in [6.45, 7) is 4.92. The Morgan fingerprint density at radius 1 is 1.33 bits per heavy atom. The third-order valence-corrected chi connectivity index (χ3v) is 2.84. The molecular weight excluding hydrogens is 232 g/mol. The number of hydrogen-bond acceptors (Lipinski definition) is 3. The predicted octanol–water partition coefficient (Wildman–Crippen LogP) is 1.51. The average Bonchev–Trinajstić information content (AvgIpc) is 2.38. The fraction of sp³-hybridized carbons (Fsp3) is 0.462. The fourth-order valence-electron chi connectivity index (χ4n) is 1.78. The van der Waals surface area contributed by atoms with Gasteiger partial charge in [0.25, 0.3) is 0 Å². The monoisotopic (exact) mass is 250 g/mol. The Morgan fingerprint density at radius 2 is 2.00 bits per heavy atom. The molecule has 0 spiro atoms. The zero-order valence-electron chi connectivity index (χ0n) is 10.7. The van der Waals surface area contributed by atoms with E-state index in [2.05, 4.69) is 4.98 Å². The Balaban J connectivity index is 2.82. The molecule has 1 unspecified atom stereocenters. The highest BCUT2D eigenvalue weighted by Gasteiger charge is 2.26. The maximum Gasteiger partial charge on any atom is 0.313 e. The molecule has 1 aromatic rings. The van der Waals surface area contributed by atoms with E-state index in [9.17, 15) is 14.7 Å². The molecule has 0 aliphatic carbocycles. The number of carbonyl (C=O) groups excluding carboxylic acids is 1. The van der Waals surface area contributed by atoms with Crippen molar-refractivity contribution < 1.29 is 14.7 Å². The van der Waals surface area contributed by atoms with Gasteiger partial charge in [0.1, 0.15) is 5.92 Å². The van der Waals surface area contributed by atoms with Gasteiger partial charge in [-0.1, -0.05) is 6.07 Å². The largest absolute Gasteiger partial charge is 0.481 e. The Bertz CT molecular complexity index is 402. The smallest absolute Gasteiger partial charge is 0.313 e. The van der Waals surface area contributed by atoms with E-state index in [-0.39, 0.29) is 12.3 Å². The van der Waals surface area contributed by atoms with Crippen LogP contribution in [-0.2, 0) is 9.59 Å². The van der Waals surface area contributed by atoms with Crippen LogP contribution in [-0.4, -0.2) is 40.0 Å². The van der Waals surface area contributed by atoms with E-state index in [1.807, 2.05) is 13.8 Å². The summed E-state index contributed by atoms with van der Waals surface area (Å²) in [6, 6.07) is 5.07. The highest BCUT2D eigenvalue weighted by molar-refractivity contribution is 5.85. The summed E-state index contributed by atoms with van der Waals surface area (Å²) in [5.41, 5.74) is 0.422. The molecular formula is C13H18N2O3. The molecule has 0 saturated carbocycles. The third kappa shape index (κ3) is 3.55. The van der Waals surface area contributed by atoms with Gasteiger partial charge in [-0.25, -0.2) is 0 Å². The topological polar surface area (TPSA) is 70.5 Å². The number of nitrogens with zero attached hydrogens (tertiary/aromatic N) is 2. The molecule has 1 rings (SSSR count). The van der Waals surface area contributed by atoms with Gasteiger partial charge in [0, 0.05) is 25.7 Å². The molecule has 1 amide bonds.